The lowest BCUT2D eigenvalue weighted by Crippen LogP contribution is -2.14. The van der Waals surface area contributed by atoms with E-state index in [2.05, 4.69) is 20.0 Å². The zero-order valence-electron chi connectivity index (χ0n) is 14.8. The minimum Gasteiger partial charge on any atom is -0.494 e. The Labute approximate surface area is 158 Å². The first-order chi connectivity index (χ1) is 13.1. The summed E-state index contributed by atoms with van der Waals surface area (Å²) in [5, 5.41) is 3.18. The van der Waals surface area contributed by atoms with Crippen LogP contribution in [0.5, 0.6) is 5.75 Å². The Balaban J connectivity index is 1.62. The number of ether oxygens (including phenoxy) is 1. The maximum absolute atomic E-state index is 12.5. The van der Waals surface area contributed by atoms with Crippen LogP contribution in [-0.2, 0) is 16.6 Å². The SMILES string of the molecule is CCOc1ccc(S(=O)(=O)Nc2ccc(NCc3ccccn3)cn2)cc1. The van der Waals surface area contributed by atoms with E-state index < -0.39 is 10.0 Å². The Kier molecular flexibility index (Phi) is 5.87. The van der Waals surface area contributed by atoms with Crippen molar-refractivity contribution in [1.82, 2.24) is 9.97 Å². The standard InChI is InChI=1S/C19H20N4O3S/c1-2-26-17-7-9-18(10-8-17)27(24,25)23-19-11-6-16(14-22-19)21-13-15-5-3-4-12-20-15/h3-12,14,21H,2,13H2,1H3,(H,22,23). The largest absolute Gasteiger partial charge is 0.494 e. The Bertz CT molecular complexity index is 960. The molecule has 2 aromatic heterocycles. The highest BCUT2D eigenvalue weighted by Gasteiger charge is 2.14. The van der Waals surface area contributed by atoms with Crippen LogP contribution in [0.15, 0.2) is 71.9 Å². The number of pyridine rings is 2. The molecule has 0 unspecified atom stereocenters. The van der Waals surface area contributed by atoms with Gasteiger partial charge in [0.2, 0.25) is 0 Å². The second-order valence-corrected chi connectivity index (χ2v) is 7.30. The Hall–Kier alpha value is -3.13. The van der Waals surface area contributed by atoms with Crippen LogP contribution in [0, 0.1) is 0 Å². The third-order valence-corrected chi connectivity index (χ3v) is 5.02. The molecule has 7 nitrogen and oxygen atoms in total. The predicted molar refractivity (Wildman–Crippen MR) is 104 cm³/mol. The van der Waals surface area contributed by atoms with E-state index in [1.165, 1.54) is 12.1 Å². The van der Waals surface area contributed by atoms with Crippen molar-refractivity contribution >= 4 is 21.5 Å². The molecule has 8 heteroatoms. The first kappa shape index (κ1) is 18.7. The van der Waals surface area contributed by atoms with Crippen molar-refractivity contribution < 1.29 is 13.2 Å². The predicted octanol–water partition coefficient (Wildman–Crippen LogP) is 3.29. The molecule has 140 valence electrons. The van der Waals surface area contributed by atoms with Gasteiger partial charge in [-0.1, -0.05) is 6.07 Å². The van der Waals surface area contributed by atoms with E-state index in [0.29, 0.717) is 18.9 Å². The van der Waals surface area contributed by atoms with Crippen LogP contribution >= 0.6 is 0 Å². The molecule has 2 heterocycles. The van der Waals surface area contributed by atoms with E-state index in [0.717, 1.165) is 11.4 Å². The highest BCUT2D eigenvalue weighted by Crippen LogP contribution is 2.19. The number of aromatic nitrogens is 2. The summed E-state index contributed by atoms with van der Waals surface area (Å²) in [5.74, 6) is 0.866. The number of hydrogen-bond donors (Lipinski definition) is 2. The Morgan fingerprint density at radius 3 is 2.44 bits per heavy atom. The van der Waals surface area contributed by atoms with Crippen LogP contribution in [0.1, 0.15) is 12.6 Å². The van der Waals surface area contributed by atoms with E-state index in [1.807, 2.05) is 25.1 Å². The molecule has 0 bridgehead atoms. The third-order valence-electron chi connectivity index (χ3n) is 3.65. The zero-order valence-corrected chi connectivity index (χ0v) is 15.6. The van der Waals surface area contributed by atoms with Crippen LogP contribution in [0.4, 0.5) is 11.5 Å². The number of nitrogens with zero attached hydrogens (tertiary/aromatic N) is 2. The van der Waals surface area contributed by atoms with Gasteiger partial charge < -0.3 is 10.1 Å². The third kappa shape index (κ3) is 5.18. The average Bonchev–Trinajstić information content (AvgIpc) is 2.69. The fourth-order valence-electron chi connectivity index (χ4n) is 2.33. The lowest BCUT2D eigenvalue weighted by atomic mass is 10.3. The fourth-order valence-corrected chi connectivity index (χ4v) is 3.34. The maximum atomic E-state index is 12.5. The van der Waals surface area contributed by atoms with Crippen molar-refractivity contribution in [3.05, 3.63) is 72.7 Å². The topological polar surface area (TPSA) is 93.2 Å². The number of benzene rings is 1. The van der Waals surface area contributed by atoms with Gasteiger partial charge in [-0.3, -0.25) is 9.71 Å². The van der Waals surface area contributed by atoms with E-state index in [1.54, 1.807) is 36.7 Å². The molecular formula is C19H20N4O3S. The molecule has 0 radical (unpaired) electrons. The summed E-state index contributed by atoms with van der Waals surface area (Å²) < 4.78 is 32.7. The van der Waals surface area contributed by atoms with Gasteiger partial charge in [0.15, 0.2) is 0 Å². The van der Waals surface area contributed by atoms with E-state index in [4.69, 9.17) is 4.74 Å². The minimum atomic E-state index is -3.71. The van der Waals surface area contributed by atoms with Gasteiger partial charge >= 0.3 is 0 Å². The number of anilines is 2. The summed E-state index contributed by atoms with van der Waals surface area (Å²) in [4.78, 5) is 8.52. The molecule has 0 saturated carbocycles. The quantitative estimate of drug-likeness (QED) is 0.619. The van der Waals surface area contributed by atoms with E-state index in [9.17, 15) is 8.42 Å². The zero-order chi connectivity index (χ0) is 19.1. The Morgan fingerprint density at radius 2 is 1.81 bits per heavy atom. The lowest BCUT2D eigenvalue weighted by molar-refractivity contribution is 0.340. The van der Waals surface area contributed by atoms with Crippen LogP contribution in [-0.4, -0.2) is 25.0 Å². The first-order valence-corrected chi connectivity index (χ1v) is 9.90. The molecule has 27 heavy (non-hydrogen) atoms. The highest BCUT2D eigenvalue weighted by atomic mass is 32.2. The first-order valence-electron chi connectivity index (χ1n) is 8.42. The molecule has 0 amide bonds. The molecule has 0 aliphatic rings. The summed E-state index contributed by atoms with van der Waals surface area (Å²) in [7, 11) is -3.71. The molecule has 1 aromatic carbocycles. The second-order valence-electron chi connectivity index (χ2n) is 5.62. The average molecular weight is 384 g/mol. The van der Waals surface area contributed by atoms with Crippen molar-refractivity contribution in [3.8, 4) is 5.75 Å². The monoisotopic (exact) mass is 384 g/mol. The van der Waals surface area contributed by atoms with E-state index >= 15 is 0 Å². The molecule has 0 spiro atoms. The number of rotatable bonds is 8. The smallest absolute Gasteiger partial charge is 0.263 e. The molecule has 0 aliphatic heterocycles. The second kappa shape index (κ2) is 8.50. The summed E-state index contributed by atoms with van der Waals surface area (Å²) >= 11 is 0. The summed E-state index contributed by atoms with van der Waals surface area (Å²) in [6.45, 7) is 2.95. The maximum Gasteiger partial charge on any atom is 0.263 e. The van der Waals surface area contributed by atoms with Crippen molar-refractivity contribution in [2.24, 2.45) is 0 Å². The van der Waals surface area contributed by atoms with Crippen molar-refractivity contribution in [1.29, 1.82) is 0 Å². The molecule has 3 aromatic rings. The number of hydrogen-bond acceptors (Lipinski definition) is 6. The number of sulfonamides is 1. The van der Waals surface area contributed by atoms with Gasteiger partial charge in [-0.15, -0.1) is 0 Å². The minimum absolute atomic E-state index is 0.144. The van der Waals surface area contributed by atoms with Gasteiger partial charge in [0.05, 0.1) is 35.6 Å². The van der Waals surface area contributed by atoms with Gasteiger partial charge in [-0.25, -0.2) is 13.4 Å². The van der Waals surface area contributed by atoms with E-state index in [-0.39, 0.29) is 10.7 Å². The summed E-state index contributed by atoms with van der Waals surface area (Å²) in [6.07, 6.45) is 3.30. The lowest BCUT2D eigenvalue weighted by Gasteiger charge is -2.10. The number of nitrogens with one attached hydrogen (secondary N) is 2. The highest BCUT2D eigenvalue weighted by molar-refractivity contribution is 7.92. The fraction of sp³-hybridized carbons (Fsp3) is 0.158. The summed E-state index contributed by atoms with van der Waals surface area (Å²) in [6, 6.07) is 15.3. The molecule has 0 saturated heterocycles. The van der Waals surface area contributed by atoms with Gasteiger partial charge in [-0.2, -0.15) is 0 Å². The van der Waals surface area contributed by atoms with Crippen LogP contribution in [0.3, 0.4) is 0 Å². The van der Waals surface area contributed by atoms with Crippen LogP contribution in [0.25, 0.3) is 0 Å². The molecule has 3 rings (SSSR count). The molecule has 0 atom stereocenters. The van der Waals surface area contributed by atoms with Gasteiger partial charge in [0.25, 0.3) is 10.0 Å². The van der Waals surface area contributed by atoms with Crippen molar-refractivity contribution in [3.63, 3.8) is 0 Å². The molecular weight excluding hydrogens is 364 g/mol. The molecule has 2 N–H and O–H groups in total. The Morgan fingerprint density at radius 1 is 1.00 bits per heavy atom. The van der Waals surface area contributed by atoms with Gasteiger partial charge in [0, 0.05) is 6.20 Å². The van der Waals surface area contributed by atoms with Crippen molar-refractivity contribution in [2.45, 2.75) is 18.4 Å². The summed E-state index contributed by atoms with van der Waals surface area (Å²) in [5.41, 5.74) is 1.67. The van der Waals surface area contributed by atoms with Crippen LogP contribution in [0.2, 0.25) is 0 Å². The van der Waals surface area contributed by atoms with Gasteiger partial charge in [-0.05, 0) is 55.5 Å². The normalized spacial score (nSPS) is 11.0. The van der Waals surface area contributed by atoms with Crippen LogP contribution < -0.4 is 14.8 Å². The van der Waals surface area contributed by atoms with Crippen molar-refractivity contribution in [2.75, 3.05) is 16.6 Å². The van der Waals surface area contributed by atoms with Gasteiger partial charge in [0.1, 0.15) is 11.6 Å². The molecule has 0 aliphatic carbocycles. The molecule has 0 fully saturated rings.